The van der Waals surface area contributed by atoms with Crippen molar-refractivity contribution >= 4 is 17.9 Å². The molecule has 2 N–H and O–H groups in total. The number of alkyl carbamates (subject to hydrolysis) is 1. The number of ether oxygens (including phenoxy) is 1. The second kappa shape index (κ2) is 12.1. The predicted octanol–water partition coefficient (Wildman–Crippen LogP) is 2.90. The van der Waals surface area contributed by atoms with Gasteiger partial charge in [0.15, 0.2) is 0 Å². The molecule has 0 radical (unpaired) electrons. The molecular weight excluding hydrogens is 432 g/mol. The van der Waals surface area contributed by atoms with Crippen molar-refractivity contribution in [2.24, 2.45) is 0 Å². The van der Waals surface area contributed by atoms with Gasteiger partial charge in [0.25, 0.3) is 0 Å². The van der Waals surface area contributed by atoms with Gasteiger partial charge in [0.2, 0.25) is 11.8 Å². The molecule has 0 spiro atoms. The molecule has 34 heavy (non-hydrogen) atoms. The summed E-state index contributed by atoms with van der Waals surface area (Å²) >= 11 is 0. The minimum Gasteiger partial charge on any atom is -0.444 e. The van der Waals surface area contributed by atoms with Crippen molar-refractivity contribution in [1.29, 1.82) is 5.26 Å². The number of carbonyl (C=O) groups excluding carboxylic acids is 3. The number of hydrogen-bond acceptors (Lipinski definition) is 5. The van der Waals surface area contributed by atoms with Crippen LogP contribution < -0.4 is 10.6 Å². The molecule has 0 aliphatic rings. The first-order chi connectivity index (χ1) is 16.1. The van der Waals surface area contributed by atoms with Crippen LogP contribution in [0.15, 0.2) is 54.6 Å². The number of benzene rings is 2. The van der Waals surface area contributed by atoms with Gasteiger partial charge in [0.1, 0.15) is 24.7 Å². The van der Waals surface area contributed by atoms with Gasteiger partial charge in [-0.25, -0.2) is 4.79 Å². The minimum atomic E-state index is -1.11. The average Bonchev–Trinajstić information content (AvgIpc) is 2.81. The lowest BCUT2D eigenvalue weighted by Crippen LogP contribution is -2.47. The summed E-state index contributed by atoms with van der Waals surface area (Å²) < 4.78 is 5.15. The molecule has 0 aliphatic carbocycles. The van der Waals surface area contributed by atoms with Crippen LogP contribution >= 0.6 is 0 Å². The van der Waals surface area contributed by atoms with Crippen LogP contribution in [0.2, 0.25) is 0 Å². The maximum Gasteiger partial charge on any atom is 0.408 e. The Kier molecular flexibility index (Phi) is 9.22. The molecule has 0 saturated carbocycles. The number of nitrogens with zero attached hydrogens (tertiary/aromatic N) is 2. The van der Waals surface area contributed by atoms with Crippen LogP contribution in [0.3, 0.4) is 0 Å². The predicted molar refractivity (Wildman–Crippen MR) is 127 cm³/mol. The Morgan fingerprint density at radius 2 is 1.71 bits per heavy atom. The van der Waals surface area contributed by atoms with Crippen LogP contribution in [0.5, 0.6) is 0 Å². The molecule has 2 rings (SSSR count). The Bertz CT molecular complexity index is 1080. The summed E-state index contributed by atoms with van der Waals surface area (Å²) in [5.41, 5.74) is 1.22. The largest absolute Gasteiger partial charge is 0.444 e. The number of rotatable bonds is 8. The zero-order chi connectivity index (χ0) is 25.1. The van der Waals surface area contributed by atoms with Crippen molar-refractivity contribution in [3.63, 3.8) is 0 Å². The van der Waals surface area contributed by atoms with E-state index in [4.69, 9.17) is 11.2 Å². The highest BCUT2D eigenvalue weighted by Gasteiger charge is 2.31. The van der Waals surface area contributed by atoms with Crippen molar-refractivity contribution in [3.8, 4) is 18.4 Å². The summed E-state index contributed by atoms with van der Waals surface area (Å²) in [4.78, 5) is 39.4. The molecule has 8 nitrogen and oxygen atoms in total. The summed E-state index contributed by atoms with van der Waals surface area (Å²) in [6, 6.07) is 16.7. The number of nitriles is 1. The van der Waals surface area contributed by atoms with Crippen LogP contribution in [0.25, 0.3) is 0 Å². The van der Waals surface area contributed by atoms with Crippen molar-refractivity contribution in [1.82, 2.24) is 15.5 Å². The topological polar surface area (TPSA) is 112 Å². The van der Waals surface area contributed by atoms with E-state index in [9.17, 15) is 19.6 Å². The van der Waals surface area contributed by atoms with E-state index in [2.05, 4.69) is 16.6 Å². The third kappa shape index (κ3) is 7.99. The molecular formula is C26H28N4O4. The van der Waals surface area contributed by atoms with E-state index >= 15 is 0 Å². The molecule has 0 heterocycles. The van der Waals surface area contributed by atoms with Gasteiger partial charge in [0, 0.05) is 12.1 Å². The second-order valence-electron chi connectivity index (χ2n) is 8.41. The van der Waals surface area contributed by atoms with Crippen LogP contribution in [-0.4, -0.2) is 41.5 Å². The van der Waals surface area contributed by atoms with E-state index in [0.29, 0.717) is 11.1 Å². The van der Waals surface area contributed by atoms with Crippen LogP contribution in [0.4, 0.5) is 4.79 Å². The van der Waals surface area contributed by atoms with Gasteiger partial charge in [0.05, 0.1) is 6.07 Å². The zero-order valence-corrected chi connectivity index (χ0v) is 19.5. The minimum absolute atomic E-state index is 0.239. The first-order valence-corrected chi connectivity index (χ1v) is 10.7. The van der Waals surface area contributed by atoms with Gasteiger partial charge in [-0.15, -0.1) is 6.42 Å². The quantitative estimate of drug-likeness (QED) is 0.465. The standard InChI is InChI=1S/C26H28N4O4/c1-5-19-11-13-21(14-12-19)23(24(32)28-17-20-9-7-6-8-10-20)30(16-15-27)22(31)18-29-25(33)34-26(2,3)4/h1,6-14,23H,16-18H2,2-4H3,(H,28,32)(H,29,33). The van der Waals surface area contributed by atoms with E-state index in [1.165, 1.54) is 0 Å². The molecule has 0 saturated heterocycles. The summed E-state index contributed by atoms with van der Waals surface area (Å²) in [6.07, 6.45) is 4.65. The fourth-order valence-electron chi connectivity index (χ4n) is 3.08. The Labute approximate surface area is 199 Å². The highest BCUT2D eigenvalue weighted by atomic mass is 16.6. The molecule has 8 heteroatoms. The smallest absolute Gasteiger partial charge is 0.408 e. The SMILES string of the molecule is C#Cc1ccc(C(C(=O)NCc2ccccc2)N(CC#N)C(=O)CNC(=O)OC(C)(C)C)cc1. The summed E-state index contributed by atoms with van der Waals surface area (Å²) in [6.45, 7) is 4.52. The van der Waals surface area contributed by atoms with Crippen molar-refractivity contribution < 1.29 is 19.1 Å². The number of carbonyl (C=O) groups is 3. The third-order valence-corrected chi connectivity index (χ3v) is 4.61. The van der Waals surface area contributed by atoms with Gasteiger partial charge in [-0.1, -0.05) is 48.4 Å². The Morgan fingerprint density at radius 3 is 2.26 bits per heavy atom. The van der Waals surface area contributed by atoms with Gasteiger partial charge in [-0.3, -0.25) is 9.59 Å². The first kappa shape index (κ1) is 26.0. The van der Waals surface area contributed by atoms with Crippen molar-refractivity contribution in [2.45, 2.75) is 39.0 Å². The molecule has 2 aromatic rings. The van der Waals surface area contributed by atoms with Crippen molar-refractivity contribution in [3.05, 3.63) is 71.3 Å². The number of amides is 3. The highest BCUT2D eigenvalue weighted by Crippen LogP contribution is 2.22. The van der Waals surface area contributed by atoms with E-state index < -0.39 is 36.1 Å². The Hall–Kier alpha value is -4.30. The average molecular weight is 461 g/mol. The Balaban J connectivity index is 2.27. The Morgan fingerprint density at radius 1 is 1.06 bits per heavy atom. The lowest BCUT2D eigenvalue weighted by molar-refractivity contribution is -0.139. The van der Waals surface area contributed by atoms with E-state index in [0.717, 1.165) is 10.5 Å². The number of nitrogens with one attached hydrogen (secondary N) is 2. The molecule has 0 aromatic heterocycles. The summed E-state index contributed by atoms with van der Waals surface area (Å²) in [7, 11) is 0. The highest BCUT2D eigenvalue weighted by molar-refractivity contribution is 5.90. The van der Waals surface area contributed by atoms with Crippen LogP contribution in [-0.2, 0) is 20.9 Å². The third-order valence-electron chi connectivity index (χ3n) is 4.61. The maximum atomic E-state index is 13.3. The maximum absolute atomic E-state index is 13.3. The molecule has 1 unspecified atom stereocenters. The molecule has 0 fully saturated rings. The van der Waals surface area contributed by atoms with Gasteiger partial charge in [-0.2, -0.15) is 5.26 Å². The molecule has 2 aromatic carbocycles. The lowest BCUT2D eigenvalue weighted by atomic mass is 10.0. The summed E-state index contributed by atoms with van der Waals surface area (Å²) in [5, 5.41) is 14.6. The van der Waals surface area contributed by atoms with E-state index in [-0.39, 0.29) is 13.1 Å². The van der Waals surface area contributed by atoms with E-state index in [1.54, 1.807) is 45.0 Å². The first-order valence-electron chi connectivity index (χ1n) is 10.7. The second-order valence-corrected chi connectivity index (χ2v) is 8.41. The molecule has 3 amide bonds. The fourth-order valence-corrected chi connectivity index (χ4v) is 3.08. The fraction of sp³-hybridized carbons (Fsp3) is 0.308. The zero-order valence-electron chi connectivity index (χ0n) is 19.5. The van der Waals surface area contributed by atoms with E-state index in [1.807, 2.05) is 36.4 Å². The number of terminal acetylenes is 1. The molecule has 176 valence electrons. The molecule has 0 aliphatic heterocycles. The van der Waals surface area contributed by atoms with Crippen molar-refractivity contribution in [2.75, 3.05) is 13.1 Å². The molecule has 1 atom stereocenters. The summed E-state index contributed by atoms with van der Waals surface area (Å²) in [5.74, 6) is 1.41. The lowest BCUT2D eigenvalue weighted by Gasteiger charge is -2.30. The van der Waals surface area contributed by atoms with Gasteiger partial charge >= 0.3 is 6.09 Å². The van der Waals surface area contributed by atoms with Crippen LogP contribution in [0, 0.1) is 23.7 Å². The normalized spacial score (nSPS) is 11.3. The monoisotopic (exact) mass is 460 g/mol. The van der Waals surface area contributed by atoms with Gasteiger partial charge < -0.3 is 20.3 Å². The van der Waals surface area contributed by atoms with Gasteiger partial charge in [-0.05, 0) is 44.0 Å². The molecule has 0 bridgehead atoms. The number of hydrogen-bond donors (Lipinski definition) is 2. The van der Waals surface area contributed by atoms with Crippen LogP contribution in [0.1, 0.15) is 43.5 Å².